The lowest BCUT2D eigenvalue weighted by Crippen LogP contribution is -2.36. The van der Waals surface area contributed by atoms with Gasteiger partial charge in [-0.2, -0.15) is 0 Å². The van der Waals surface area contributed by atoms with E-state index in [-0.39, 0.29) is 11.9 Å². The number of aromatic nitrogens is 2. The average Bonchev–Trinajstić information content (AvgIpc) is 3.04. The van der Waals surface area contributed by atoms with Gasteiger partial charge in [-0.3, -0.25) is 4.79 Å². The normalized spacial score (nSPS) is 19.0. The van der Waals surface area contributed by atoms with E-state index in [2.05, 4.69) is 50.5 Å². The van der Waals surface area contributed by atoms with Crippen molar-refractivity contribution in [1.82, 2.24) is 15.3 Å². The zero-order chi connectivity index (χ0) is 19.9. The summed E-state index contributed by atoms with van der Waals surface area (Å²) in [5, 5.41) is 3.15. The van der Waals surface area contributed by atoms with Gasteiger partial charge in [0.05, 0.1) is 12.4 Å². The molecule has 0 bridgehead atoms. The molecule has 4 rings (SSSR count). The molecule has 1 aliphatic carbocycles. The fourth-order valence-corrected chi connectivity index (χ4v) is 4.60. The number of hydrogen-bond acceptors (Lipinski definition) is 4. The van der Waals surface area contributed by atoms with Crippen molar-refractivity contribution in [2.75, 3.05) is 18.0 Å². The predicted octanol–water partition coefficient (Wildman–Crippen LogP) is 4.39. The molecule has 5 heteroatoms. The van der Waals surface area contributed by atoms with Crippen LogP contribution in [0.5, 0.6) is 0 Å². The highest BCUT2D eigenvalue weighted by Gasteiger charge is 2.21. The standard InChI is InChI=1S/C24H32N4O/c29-24(27-21-10-6-1-2-7-11-21)22-17-26-23(18-25-22)28-14-12-20(13-15-28)16-19-8-4-3-5-9-19/h3-5,8-9,17-18,20-21H,1-2,6-7,10-16H2,(H,27,29). The summed E-state index contributed by atoms with van der Waals surface area (Å²) in [5.41, 5.74) is 1.85. The predicted molar refractivity (Wildman–Crippen MR) is 116 cm³/mol. The van der Waals surface area contributed by atoms with Crippen LogP contribution in [0.4, 0.5) is 5.82 Å². The quantitative estimate of drug-likeness (QED) is 0.767. The Morgan fingerprint density at radius 3 is 2.31 bits per heavy atom. The van der Waals surface area contributed by atoms with Crippen molar-refractivity contribution < 1.29 is 4.79 Å². The number of anilines is 1. The molecule has 1 N–H and O–H groups in total. The Hall–Kier alpha value is -2.43. The van der Waals surface area contributed by atoms with Crippen molar-refractivity contribution in [2.24, 2.45) is 5.92 Å². The number of carbonyl (C=O) groups is 1. The fourth-order valence-electron chi connectivity index (χ4n) is 4.60. The van der Waals surface area contributed by atoms with Gasteiger partial charge in [-0.15, -0.1) is 0 Å². The Kier molecular flexibility index (Phi) is 6.75. The smallest absolute Gasteiger partial charge is 0.271 e. The first-order valence-corrected chi connectivity index (χ1v) is 11.2. The van der Waals surface area contributed by atoms with Gasteiger partial charge in [-0.05, 0) is 43.6 Å². The van der Waals surface area contributed by atoms with E-state index < -0.39 is 0 Å². The molecular weight excluding hydrogens is 360 g/mol. The van der Waals surface area contributed by atoms with Crippen LogP contribution in [0.25, 0.3) is 0 Å². The van der Waals surface area contributed by atoms with Crippen LogP contribution in [0.2, 0.25) is 0 Å². The highest BCUT2D eigenvalue weighted by atomic mass is 16.1. The van der Waals surface area contributed by atoms with Crippen molar-refractivity contribution in [2.45, 2.75) is 63.8 Å². The molecule has 5 nitrogen and oxygen atoms in total. The van der Waals surface area contributed by atoms with E-state index in [0.717, 1.165) is 44.1 Å². The molecule has 1 aliphatic heterocycles. The molecule has 1 amide bonds. The molecular formula is C24H32N4O. The number of benzene rings is 1. The van der Waals surface area contributed by atoms with Crippen molar-refractivity contribution in [1.29, 1.82) is 0 Å². The monoisotopic (exact) mass is 392 g/mol. The number of hydrogen-bond donors (Lipinski definition) is 1. The van der Waals surface area contributed by atoms with E-state index in [1.165, 1.54) is 44.1 Å². The van der Waals surface area contributed by atoms with Crippen molar-refractivity contribution in [3.05, 3.63) is 54.0 Å². The van der Waals surface area contributed by atoms with E-state index in [1.54, 1.807) is 12.4 Å². The van der Waals surface area contributed by atoms with Crippen LogP contribution in [0.1, 0.15) is 67.4 Å². The molecule has 2 heterocycles. The van der Waals surface area contributed by atoms with E-state index in [0.29, 0.717) is 5.69 Å². The molecule has 0 atom stereocenters. The molecule has 1 aromatic heterocycles. The van der Waals surface area contributed by atoms with Gasteiger partial charge in [-0.1, -0.05) is 56.0 Å². The maximum atomic E-state index is 12.5. The molecule has 1 aromatic carbocycles. The number of amides is 1. The van der Waals surface area contributed by atoms with Crippen LogP contribution in [-0.2, 0) is 6.42 Å². The zero-order valence-electron chi connectivity index (χ0n) is 17.2. The third-order valence-electron chi connectivity index (χ3n) is 6.37. The first-order valence-electron chi connectivity index (χ1n) is 11.2. The molecule has 1 saturated carbocycles. The topological polar surface area (TPSA) is 58.1 Å². The maximum Gasteiger partial charge on any atom is 0.271 e. The largest absolute Gasteiger partial charge is 0.355 e. The number of nitrogens with zero attached hydrogens (tertiary/aromatic N) is 3. The molecule has 154 valence electrons. The highest BCUT2D eigenvalue weighted by Crippen LogP contribution is 2.24. The maximum absolute atomic E-state index is 12.5. The van der Waals surface area contributed by atoms with Gasteiger partial charge in [0.1, 0.15) is 11.5 Å². The summed E-state index contributed by atoms with van der Waals surface area (Å²) in [6.07, 6.45) is 14.0. The Morgan fingerprint density at radius 1 is 0.931 bits per heavy atom. The summed E-state index contributed by atoms with van der Waals surface area (Å²) in [7, 11) is 0. The van der Waals surface area contributed by atoms with Crippen LogP contribution in [0.3, 0.4) is 0 Å². The van der Waals surface area contributed by atoms with Gasteiger partial charge in [0.2, 0.25) is 0 Å². The lowest BCUT2D eigenvalue weighted by atomic mass is 9.90. The van der Waals surface area contributed by atoms with Crippen LogP contribution in [-0.4, -0.2) is 35.0 Å². The van der Waals surface area contributed by atoms with E-state index in [4.69, 9.17) is 0 Å². The molecule has 0 unspecified atom stereocenters. The minimum atomic E-state index is -0.0856. The van der Waals surface area contributed by atoms with E-state index >= 15 is 0 Å². The third kappa shape index (κ3) is 5.55. The molecule has 0 radical (unpaired) electrons. The molecule has 0 spiro atoms. The SMILES string of the molecule is O=C(NC1CCCCCC1)c1cnc(N2CCC(Cc3ccccc3)CC2)cn1. The minimum absolute atomic E-state index is 0.0856. The molecule has 2 aromatic rings. The second kappa shape index (κ2) is 9.86. The Labute approximate surface area is 173 Å². The van der Waals surface area contributed by atoms with Crippen molar-refractivity contribution in [3.63, 3.8) is 0 Å². The summed E-state index contributed by atoms with van der Waals surface area (Å²) >= 11 is 0. The average molecular weight is 393 g/mol. The van der Waals surface area contributed by atoms with Gasteiger partial charge < -0.3 is 10.2 Å². The second-order valence-corrected chi connectivity index (χ2v) is 8.54. The summed E-state index contributed by atoms with van der Waals surface area (Å²) in [6, 6.07) is 11.0. The van der Waals surface area contributed by atoms with Crippen LogP contribution < -0.4 is 10.2 Å². The minimum Gasteiger partial charge on any atom is -0.355 e. The van der Waals surface area contributed by atoms with Crippen molar-refractivity contribution >= 4 is 11.7 Å². The molecule has 2 aliphatic rings. The number of nitrogens with one attached hydrogen (secondary N) is 1. The lowest BCUT2D eigenvalue weighted by Gasteiger charge is -2.32. The highest BCUT2D eigenvalue weighted by molar-refractivity contribution is 5.92. The number of carbonyl (C=O) groups excluding carboxylic acids is 1. The molecule has 29 heavy (non-hydrogen) atoms. The van der Waals surface area contributed by atoms with Crippen LogP contribution in [0, 0.1) is 5.92 Å². The van der Waals surface area contributed by atoms with Crippen LogP contribution >= 0.6 is 0 Å². The van der Waals surface area contributed by atoms with Crippen molar-refractivity contribution in [3.8, 4) is 0 Å². The summed E-state index contributed by atoms with van der Waals surface area (Å²) in [5.74, 6) is 1.53. The van der Waals surface area contributed by atoms with Crippen LogP contribution in [0.15, 0.2) is 42.7 Å². The molecule has 1 saturated heterocycles. The Balaban J connectivity index is 1.27. The first kappa shape index (κ1) is 19.9. The first-order chi connectivity index (χ1) is 14.3. The van der Waals surface area contributed by atoms with E-state index in [9.17, 15) is 4.79 Å². The summed E-state index contributed by atoms with van der Waals surface area (Å²) in [4.78, 5) is 23.8. The van der Waals surface area contributed by atoms with Gasteiger partial charge in [0.15, 0.2) is 0 Å². The summed E-state index contributed by atoms with van der Waals surface area (Å²) in [6.45, 7) is 2.00. The van der Waals surface area contributed by atoms with Gasteiger partial charge in [0.25, 0.3) is 5.91 Å². The van der Waals surface area contributed by atoms with E-state index in [1.807, 2.05) is 0 Å². The Morgan fingerprint density at radius 2 is 1.66 bits per heavy atom. The third-order valence-corrected chi connectivity index (χ3v) is 6.37. The molecule has 2 fully saturated rings. The number of rotatable bonds is 5. The number of piperidine rings is 1. The second-order valence-electron chi connectivity index (χ2n) is 8.54. The van der Waals surface area contributed by atoms with Gasteiger partial charge in [0, 0.05) is 19.1 Å². The lowest BCUT2D eigenvalue weighted by molar-refractivity contribution is 0.0928. The summed E-state index contributed by atoms with van der Waals surface area (Å²) < 4.78 is 0. The van der Waals surface area contributed by atoms with Gasteiger partial charge >= 0.3 is 0 Å². The fraction of sp³-hybridized carbons (Fsp3) is 0.542. The Bertz CT molecular complexity index is 761. The zero-order valence-corrected chi connectivity index (χ0v) is 17.2. The van der Waals surface area contributed by atoms with Gasteiger partial charge in [-0.25, -0.2) is 9.97 Å².